The molecule has 0 bridgehead atoms. The minimum absolute atomic E-state index is 0.0421. The largest absolute Gasteiger partial charge is 0.322 e. The van der Waals surface area contributed by atoms with E-state index in [1.807, 2.05) is 49.4 Å². The lowest BCUT2D eigenvalue weighted by Crippen LogP contribution is -2.29. The van der Waals surface area contributed by atoms with Crippen LogP contribution in [0, 0.1) is 5.92 Å². The van der Waals surface area contributed by atoms with Crippen LogP contribution in [0.25, 0.3) is 21.8 Å². The number of benzene rings is 3. The first-order valence-corrected chi connectivity index (χ1v) is 9.01. The molecule has 3 aromatic carbocycles. The smallest absolute Gasteiger partial charge is 0.259 e. The van der Waals surface area contributed by atoms with Gasteiger partial charge < -0.3 is 4.98 Å². The van der Waals surface area contributed by atoms with Gasteiger partial charge in [-0.25, -0.2) is 4.98 Å². The van der Waals surface area contributed by atoms with E-state index in [-0.39, 0.29) is 11.8 Å². The van der Waals surface area contributed by atoms with Crippen LogP contribution < -0.4 is 5.01 Å². The summed E-state index contributed by atoms with van der Waals surface area (Å²) in [6.07, 6.45) is 0.631. The van der Waals surface area contributed by atoms with Gasteiger partial charge in [0.15, 0.2) is 0 Å². The topological polar surface area (TPSA) is 61.4 Å². The molecule has 0 saturated carbocycles. The van der Waals surface area contributed by atoms with Gasteiger partial charge in [-0.3, -0.25) is 4.79 Å². The number of nitrogens with one attached hydrogen (secondary N) is 1. The van der Waals surface area contributed by atoms with E-state index in [0.717, 1.165) is 22.3 Å². The highest BCUT2D eigenvalue weighted by molar-refractivity contribution is 6.14. The molecule has 0 fully saturated rings. The van der Waals surface area contributed by atoms with Crippen LogP contribution >= 0.6 is 0 Å². The van der Waals surface area contributed by atoms with Crippen molar-refractivity contribution in [3.63, 3.8) is 0 Å². The number of hydrazone groups is 1. The summed E-state index contributed by atoms with van der Waals surface area (Å²) >= 11 is 0. The van der Waals surface area contributed by atoms with Crippen LogP contribution in [0.5, 0.6) is 0 Å². The maximum absolute atomic E-state index is 13.1. The maximum Gasteiger partial charge on any atom is 0.259 e. The number of imidazole rings is 1. The molecule has 0 saturated heterocycles. The highest BCUT2D eigenvalue weighted by Gasteiger charge is 2.36. The molecule has 0 aliphatic carbocycles. The Morgan fingerprint density at radius 1 is 1.00 bits per heavy atom. The first-order chi connectivity index (χ1) is 13.2. The average Bonchev–Trinajstić information content (AvgIpc) is 3.24. The monoisotopic (exact) mass is 354 g/mol. The first-order valence-electron chi connectivity index (χ1n) is 9.01. The van der Waals surface area contributed by atoms with Crippen molar-refractivity contribution >= 4 is 39.4 Å². The number of anilines is 1. The number of H-pyrrole nitrogens is 1. The molecule has 1 aliphatic rings. The van der Waals surface area contributed by atoms with Gasteiger partial charge >= 0.3 is 0 Å². The number of aromatic amines is 1. The number of hydrogen-bond acceptors (Lipinski definition) is 3. The fraction of sp³-hybridized carbons (Fsp3) is 0.136. The zero-order valence-corrected chi connectivity index (χ0v) is 14.9. The van der Waals surface area contributed by atoms with Crippen LogP contribution in [0.1, 0.15) is 12.5 Å². The van der Waals surface area contributed by atoms with Gasteiger partial charge in [0, 0.05) is 5.71 Å². The van der Waals surface area contributed by atoms with Gasteiger partial charge in [-0.15, -0.1) is 0 Å². The zero-order chi connectivity index (χ0) is 18.4. The molecular weight excluding hydrogens is 336 g/mol. The van der Waals surface area contributed by atoms with Crippen molar-refractivity contribution in [1.82, 2.24) is 9.97 Å². The lowest BCUT2D eigenvalue weighted by molar-refractivity contribution is -0.119. The Morgan fingerprint density at radius 2 is 1.78 bits per heavy atom. The van der Waals surface area contributed by atoms with E-state index < -0.39 is 0 Å². The molecule has 132 valence electrons. The molecule has 1 atom stereocenters. The minimum Gasteiger partial charge on any atom is -0.322 e. The van der Waals surface area contributed by atoms with Crippen molar-refractivity contribution in [3.8, 4) is 0 Å². The van der Waals surface area contributed by atoms with Crippen LogP contribution in [0.2, 0.25) is 0 Å². The zero-order valence-electron chi connectivity index (χ0n) is 14.9. The van der Waals surface area contributed by atoms with Crippen LogP contribution in [-0.4, -0.2) is 21.6 Å². The molecule has 1 aliphatic heterocycles. The molecule has 0 spiro atoms. The van der Waals surface area contributed by atoms with Crippen LogP contribution in [-0.2, 0) is 11.2 Å². The summed E-state index contributed by atoms with van der Waals surface area (Å²) in [4.78, 5) is 20.8. The third-order valence-electron chi connectivity index (χ3n) is 5.15. The summed E-state index contributed by atoms with van der Waals surface area (Å²) in [5.74, 6) is 0.157. The van der Waals surface area contributed by atoms with Gasteiger partial charge in [-0.05, 0) is 41.8 Å². The molecule has 1 N–H and O–H groups in total. The van der Waals surface area contributed by atoms with E-state index in [0.29, 0.717) is 12.4 Å². The molecule has 1 amide bonds. The van der Waals surface area contributed by atoms with Crippen molar-refractivity contribution in [2.75, 3.05) is 5.01 Å². The molecule has 0 unspecified atom stereocenters. The second kappa shape index (κ2) is 6.06. The standard InChI is InChI=1S/C22H18N4O/c1-14-18(13-16-9-6-8-15-7-2-3-10-17(15)16)21(27)26(25-14)22-23-19-11-4-5-12-20(19)24-22/h2-12,18H,13H2,1H3,(H,23,24)/t18-/m0/s1. The predicted octanol–water partition coefficient (Wildman–Crippen LogP) is 4.30. The SMILES string of the molecule is CC1=NN(c2nc3ccccc3[nH]2)C(=O)[C@H]1Cc1cccc2ccccc12. The number of aromatic nitrogens is 2. The van der Waals surface area contributed by atoms with E-state index >= 15 is 0 Å². The normalized spacial score (nSPS) is 17.1. The molecule has 5 nitrogen and oxygen atoms in total. The van der Waals surface area contributed by atoms with Crippen LogP contribution in [0.4, 0.5) is 5.95 Å². The summed E-state index contributed by atoms with van der Waals surface area (Å²) in [5, 5.41) is 8.27. The fourth-order valence-corrected chi connectivity index (χ4v) is 3.72. The molecule has 5 heteroatoms. The highest BCUT2D eigenvalue weighted by Crippen LogP contribution is 2.28. The molecule has 0 radical (unpaired) electrons. The van der Waals surface area contributed by atoms with E-state index in [2.05, 4.69) is 39.3 Å². The van der Waals surface area contributed by atoms with Crippen LogP contribution in [0.3, 0.4) is 0 Å². The summed E-state index contributed by atoms with van der Waals surface area (Å²) in [5.41, 5.74) is 3.69. The summed E-state index contributed by atoms with van der Waals surface area (Å²) in [6, 6.07) is 22.2. The molecule has 5 rings (SSSR count). The number of fused-ring (bicyclic) bond motifs is 2. The van der Waals surface area contributed by atoms with Gasteiger partial charge in [0.1, 0.15) is 0 Å². The Bertz CT molecular complexity index is 1170. The number of carbonyl (C=O) groups is 1. The number of hydrogen-bond donors (Lipinski definition) is 1. The number of para-hydroxylation sites is 2. The van der Waals surface area contributed by atoms with Gasteiger partial charge in [-0.1, -0.05) is 54.6 Å². The lowest BCUT2D eigenvalue weighted by atomic mass is 9.92. The van der Waals surface area contributed by atoms with Crippen molar-refractivity contribution in [2.45, 2.75) is 13.3 Å². The Balaban J connectivity index is 1.48. The van der Waals surface area contributed by atoms with E-state index in [4.69, 9.17) is 0 Å². The summed E-state index contributed by atoms with van der Waals surface area (Å²) < 4.78 is 0. The number of rotatable bonds is 3. The number of nitrogens with zero attached hydrogens (tertiary/aromatic N) is 3. The molecule has 27 heavy (non-hydrogen) atoms. The molecule has 4 aromatic rings. The first kappa shape index (κ1) is 15.8. The highest BCUT2D eigenvalue weighted by atomic mass is 16.2. The number of carbonyl (C=O) groups excluding carboxylic acids is 1. The Labute approximate surface area is 156 Å². The van der Waals surface area contributed by atoms with E-state index in [9.17, 15) is 4.79 Å². The van der Waals surface area contributed by atoms with E-state index in [1.54, 1.807) is 0 Å². The molecule has 1 aromatic heterocycles. The van der Waals surface area contributed by atoms with Crippen molar-refractivity contribution in [3.05, 3.63) is 72.3 Å². The van der Waals surface area contributed by atoms with Crippen molar-refractivity contribution in [1.29, 1.82) is 0 Å². The summed E-state index contributed by atoms with van der Waals surface area (Å²) in [6.45, 7) is 1.91. The summed E-state index contributed by atoms with van der Waals surface area (Å²) in [7, 11) is 0. The third kappa shape index (κ3) is 2.59. The minimum atomic E-state index is -0.274. The fourth-order valence-electron chi connectivity index (χ4n) is 3.72. The average molecular weight is 354 g/mol. The lowest BCUT2D eigenvalue weighted by Gasteiger charge is -2.13. The van der Waals surface area contributed by atoms with Crippen LogP contribution in [0.15, 0.2) is 71.8 Å². The quantitative estimate of drug-likeness (QED) is 0.596. The van der Waals surface area contributed by atoms with Gasteiger partial charge in [0.2, 0.25) is 5.95 Å². The number of amides is 1. The second-order valence-corrected chi connectivity index (χ2v) is 6.86. The van der Waals surface area contributed by atoms with Gasteiger partial charge in [0.05, 0.1) is 17.0 Å². The second-order valence-electron chi connectivity index (χ2n) is 6.86. The van der Waals surface area contributed by atoms with E-state index in [1.165, 1.54) is 15.8 Å². The van der Waals surface area contributed by atoms with Gasteiger partial charge in [-0.2, -0.15) is 10.1 Å². The van der Waals surface area contributed by atoms with Gasteiger partial charge in [0.25, 0.3) is 5.91 Å². The van der Waals surface area contributed by atoms with Crippen molar-refractivity contribution in [2.24, 2.45) is 11.0 Å². The Hall–Kier alpha value is -3.47. The van der Waals surface area contributed by atoms with Crippen molar-refractivity contribution < 1.29 is 4.79 Å². The Kier molecular flexibility index (Phi) is 3.53. The Morgan fingerprint density at radius 3 is 2.67 bits per heavy atom. The third-order valence-corrected chi connectivity index (χ3v) is 5.15. The predicted molar refractivity (Wildman–Crippen MR) is 108 cm³/mol. The molecular formula is C22H18N4O. The molecule has 2 heterocycles. The maximum atomic E-state index is 13.1.